The van der Waals surface area contributed by atoms with Gasteiger partial charge < -0.3 is 15.3 Å². The summed E-state index contributed by atoms with van der Waals surface area (Å²) in [5.41, 5.74) is 0.485. The Bertz CT molecular complexity index is 553. The van der Waals surface area contributed by atoms with Crippen LogP contribution in [0.4, 0.5) is 0 Å². The molecule has 0 saturated carbocycles. The lowest BCUT2D eigenvalue weighted by Crippen LogP contribution is -2.53. The van der Waals surface area contributed by atoms with E-state index in [2.05, 4.69) is 21.2 Å². The van der Waals surface area contributed by atoms with Gasteiger partial charge in [-0.05, 0) is 24.3 Å². The Balaban J connectivity index is 1.74. The molecule has 1 aromatic carbocycles. The lowest BCUT2D eigenvalue weighted by molar-refractivity contribution is -0.144. The monoisotopic (exact) mass is 354 g/mol. The number of halogens is 1. The minimum atomic E-state index is -0.851. The zero-order chi connectivity index (χ0) is 15.4. The number of rotatable bonds is 5. The summed E-state index contributed by atoms with van der Waals surface area (Å²) in [7, 11) is 0. The zero-order valence-corrected chi connectivity index (χ0v) is 12.8. The highest BCUT2D eigenvalue weighted by Gasteiger charge is 2.31. The maximum atomic E-state index is 11.8. The van der Waals surface area contributed by atoms with E-state index in [4.69, 9.17) is 5.11 Å². The van der Waals surface area contributed by atoms with Crippen LogP contribution in [-0.4, -0.2) is 47.4 Å². The van der Waals surface area contributed by atoms with Gasteiger partial charge in [0, 0.05) is 29.0 Å². The van der Waals surface area contributed by atoms with Gasteiger partial charge in [-0.2, -0.15) is 0 Å². The first kappa shape index (κ1) is 15.5. The zero-order valence-electron chi connectivity index (χ0n) is 11.2. The fraction of sp³-hybridized carbons (Fsp3) is 0.357. The van der Waals surface area contributed by atoms with Gasteiger partial charge in [0.2, 0.25) is 5.91 Å². The fourth-order valence-corrected chi connectivity index (χ4v) is 2.38. The van der Waals surface area contributed by atoms with Crippen molar-refractivity contribution >= 4 is 33.7 Å². The molecule has 21 heavy (non-hydrogen) atoms. The SMILES string of the molecule is O=C(O)CC1CN(C(=O)CNC(=O)c2ccc(Br)cc2)C1. The first-order valence-electron chi connectivity index (χ1n) is 6.49. The van der Waals surface area contributed by atoms with Crippen LogP contribution in [0, 0.1) is 5.92 Å². The Labute approximate surface area is 130 Å². The van der Waals surface area contributed by atoms with Crippen LogP contribution in [0.15, 0.2) is 28.7 Å². The quantitative estimate of drug-likeness (QED) is 0.829. The van der Waals surface area contributed by atoms with Gasteiger partial charge in [-0.25, -0.2) is 0 Å². The summed E-state index contributed by atoms with van der Waals surface area (Å²) in [6.45, 7) is 0.813. The van der Waals surface area contributed by atoms with Crippen LogP contribution in [0.2, 0.25) is 0 Å². The van der Waals surface area contributed by atoms with Crippen molar-refractivity contribution in [3.05, 3.63) is 34.3 Å². The third-order valence-electron chi connectivity index (χ3n) is 3.28. The third-order valence-corrected chi connectivity index (χ3v) is 3.81. The van der Waals surface area contributed by atoms with Gasteiger partial charge in [0.15, 0.2) is 0 Å². The van der Waals surface area contributed by atoms with E-state index in [0.717, 1.165) is 4.47 Å². The number of carboxylic acid groups (broad SMARTS) is 1. The normalized spacial score (nSPS) is 14.4. The van der Waals surface area contributed by atoms with Gasteiger partial charge >= 0.3 is 5.97 Å². The molecule has 1 aromatic rings. The number of amides is 2. The molecule has 1 fully saturated rings. The van der Waals surface area contributed by atoms with Crippen LogP contribution < -0.4 is 5.32 Å². The van der Waals surface area contributed by atoms with Crippen molar-refractivity contribution in [2.45, 2.75) is 6.42 Å². The molecule has 0 aliphatic carbocycles. The van der Waals surface area contributed by atoms with Gasteiger partial charge in [0.1, 0.15) is 0 Å². The highest BCUT2D eigenvalue weighted by Crippen LogP contribution is 2.18. The maximum Gasteiger partial charge on any atom is 0.303 e. The first-order chi connectivity index (χ1) is 9.95. The maximum absolute atomic E-state index is 11.8. The van der Waals surface area contributed by atoms with Gasteiger partial charge in [0.05, 0.1) is 13.0 Å². The van der Waals surface area contributed by atoms with E-state index in [1.165, 1.54) is 0 Å². The van der Waals surface area contributed by atoms with E-state index in [9.17, 15) is 14.4 Å². The average Bonchev–Trinajstić information content (AvgIpc) is 2.40. The molecule has 7 heteroatoms. The number of nitrogens with zero attached hydrogens (tertiary/aromatic N) is 1. The van der Waals surface area contributed by atoms with E-state index in [1.807, 2.05) is 0 Å². The summed E-state index contributed by atoms with van der Waals surface area (Å²) in [6.07, 6.45) is 0.0784. The predicted octanol–water partition coefficient (Wildman–Crippen LogP) is 1.11. The minimum Gasteiger partial charge on any atom is -0.481 e. The van der Waals surface area contributed by atoms with E-state index < -0.39 is 5.97 Å². The summed E-state index contributed by atoms with van der Waals surface area (Å²) < 4.78 is 0.875. The molecule has 2 amide bonds. The number of nitrogens with one attached hydrogen (secondary N) is 1. The number of likely N-dealkylation sites (tertiary alicyclic amines) is 1. The van der Waals surface area contributed by atoms with E-state index >= 15 is 0 Å². The number of carbonyl (C=O) groups is 3. The Morgan fingerprint density at radius 1 is 1.24 bits per heavy atom. The van der Waals surface area contributed by atoms with Gasteiger partial charge in [0.25, 0.3) is 5.91 Å². The second-order valence-electron chi connectivity index (χ2n) is 4.95. The second kappa shape index (κ2) is 6.71. The van der Waals surface area contributed by atoms with E-state index in [-0.39, 0.29) is 30.7 Å². The van der Waals surface area contributed by atoms with Crippen LogP contribution in [0.1, 0.15) is 16.8 Å². The summed E-state index contributed by atoms with van der Waals surface area (Å²) in [5.74, 6) is -1.33. The Morgan fingerprint density at radius 2 is 1.86 bits per heavy atom. The molecule has 2 rings (SSSR count). The largest absolute Gasteiger partial charge is 0.481 e. The summed E-state index contributed by atoms with van der Waals surface area (Å²) in [6, 6.07) is 6.83. The Hall–Kier alpha value is -1.89. The molecule has 0 aromatic heterocycles. The summed E-state index contributed by atoms with van der Waals surface area (Å²) in [5, 5.41) is 11.2. The molecule has 6 nitrogen and oxygen atoms in total. The molecule has 0 unspecified atom stereocenters. The van der Waals surface area contributed by atoms with Crippen LogP contribution >= 0.6 is 15.9 Å². The number of carboxylic acids is 1. The third kappa shape index (κ3) is 4.29. The molecule has 112 valence electrons. The summed E-state index contributed by atoms with van der Waals surface area (Å²) in [4.78, 5) is 35.7. The topological polar surface area (TPSA) is 86.7 Å². The van der Waals surface area contributed by atoms with Crippen molar-refractivity contribution < 1.29 is 19.5 Å². The van der Waals surface area contributed by atoms with Gasteiger partial charge in [-0.3, -0.25) is 14.4 Å². The van der Waals surface area contributed by atoms with Crippen LogP contribution in [0.3, 0.4) is 0 Å². The van der Waals surface area contributed by atoms with Crippen LogP contribution in [0.5, 0.6) is 0 Å². The molecular formula is C14H15BrN2O4. The van der Waals surface area contributed by atoms with Crippen molar-refractivity contribution in [2.75, 3.05) is 19.6 Å². The molecule has 1 heterocycles. The van der Waals surface area contributed by atoms with Crippen molar-refractivity contribution in [3.63, 3.8) is 0 Å². The van der Waals surface area contributed by atoms with E-state index in [1.54, 1.807) is 29.2 Å². The number of benzene rings is 1. The number of hydrogen-bond acceptors (Lipinski definition) is 3. The lowest BCUT2D eigenvalue weighted by atomic mass is 9.96. The fourth-order valence-electron chi connectivity index (χ4n) is 2.12. The van der Waals surface area contributed by atoms with Crippen LogP contribution in [0.25, 0.3) is 0 Å². The molecule has 0 radical (unpaired) electrons. The molecule has 2 N–H and O–H groups in total. The standard InChI is InChI=1S/C14H15BrN2O4/c15-11-3-1-10(2-4-11)14(21)16-6-12(18)17-7-9(8-17)5-13(19)20/h1-4,9H,5-8H2,(H,16,21)(H,19,20). The minimum absolute atomic E-state index is 0.0219. The van der Waals surface area contributed by atoms with Crippen molar-refractivity contribution in [1.82, 2.24) is 10.2 Å². The average molecular weight is 355 g/mol. The highest BCUT2D eigenvalue weighted by molar-refractivity contribution is 9.10. The van der Waals surface area contributed by atoms with Gasteiger partial charge in [-0.15, -0.1) is 0 Å². The molecular weight excluding hydrogens is 340 g/mol. The van der Waals surface area contributed by atoms with E-state index in [0.29, 0.717) is 18.7 Å². The molecule has 0 spiro atoms. The van der Waals surface area contributed by atoms with Crippen molar-refractivity contribution in [2.24, 2.45) is 5.92 Å². The predicted molar refractivity (Wildman–Crippen MR) is 78.8 cm³/mol. The summed E-state index contributed by atoms with van der Waals surface area (Å²) >= 11 is 3.28. The van der Waals surface area contributed by atoms with Crippen molar-refractivity contribution in [1.29, 1.82) is 0 Å². The van der Waals surface area contributed by atoms with Gasteiger partial charge in [-0.1, -0.05) is 15.9 Å². The number of aliphatic carboxylic acids is 1. The van der Waals surface area contributed by atoms with Crippen LogP contribution in [-0.2, 0) is 9.59 Å². The molecule has 1 saturated heterocycles. The first-order valence-corrected chi connectivity index (χ1v) is 7.28. The molecule has 1 aliphatic heterocycles. The smallest absolute Gasteiger partial charge is 0.303 e. The number of hydrogen-bond donors (Lipinski definition) is 2. The Kier molecular flexibility index (Phi) is 4.95. The molecule has 1 aliphatic rings. The second-order valence-corrected chi connectivity index (χ2v) is 5.87. The van der Waals surface area contributed by atoms with Crippen molar-refractivity contribution in [3.8, 4) is 0 Å². The molecule has 0 atom stereocenters. The lowest BCUT2D eigenvalue weighted by Gasteiger charge is -2.38. The highest BCUT2D eigenvalue weighted by atomic mass is 79.9. The number of carbonyl (C=O) groups excluding carboxylic acids is 2. The Morgan fingerprint density at radius 3 is 2.43 bits per heavy atom. The molecule has 0 bridgehead atoms.